The minimum Gasteiger partial charge on any atom is -0.403 e. The number of amides is 1. The number of hydrogen-bond donors (Lipinski definition) is 1. The summed E-state index contributed by atoms with van der Waals surface area (Å²) in [7, 11) is 0. The summed E-state index contributed by atoms with van der Waals surface area (Å²) in [6.45, 7) is 1.69. The van der Waals surface area contributed by atoms with E-state index in [0.717, 1.165) is 0 Å². The van der Waals surface area contributed by atoms with E-state index in [-0.39, 0.29) is 17.6 Å². The molecule has 0 bridgehead atoms. The van der Waals surface area contributed by atoms with E-state index in [1.165, 1.54) is 6.07 Å². The number of halogens is 1. The average molecular weight is 305 g/mol. The lowest BCUT2D eigenvalue weighted by Gasteiger charge is -1.97. The molecule has 1 amide bonds. The zero-order valence-electron chi connectivity index (χ0n) is 10.8. The fraction of sp³-hybridized carbons (Fsp3) is 0.0769. The molecule has 0 aliphatic carbocycles. The van der Waals surface area contributed by atoms with E-state index in [4.69, 9.17) is 20.5 Å². The second-order valence-electron chi connectivity index (χ2n) is 4.17. The number of anilines is 1. The van der Waals surface area contributed by atoms with Gasteiger partial charge >= 0.3 is 6.01 Å². The first-order valence-electron chi connectivity index (χ1n) is 5.96. The van der Waals surface area contributed by atoms with Gasteiger partial charge in [-0.25, -0.2) is 0 Å². The maximum atomic E-state index is 11.9. The fourth-order valence-corrected chi connectivity index (χ4v) is 1.87. The fourth-order valence-electron chi connectivity index (χ4n) is 1.65. The first-order chi connectivity index (χ1) is 10.1. The predicted molar refractivity (Wildman–Crippen MR) is 73.9 cm³/mol. The molecule has 0 saturated carbocycles. The van der Waals surface area contributed by atoms with Gasteiger partial charge in [0.2, 0.25) is 0 Å². The Labute approximate surface area is 123 Å². The van der Waals surface area contributed by atoms with Crippen LogP contribution in [0.5, 0.6) is 0 Å². The number of aromatic nitrogens is 3. The third kappa shape index (κ3) is 2.77. The summed E-state index contributed by atoms with van der Waals surface area (Å²) >= 11 is 6.03. The zero-order valence-corrected chi connectivity index (χ0v) is 11.6. The highest BCUT2D eigenvalue weighted by molar-refractivity contribution is 6.33. The van der Waals surface area contributed by atoms with Crippen LogP contribution in [0, 0.1) is 6.92 Å². The van der Waals surface area contributed by atoms with Crippen molar-refractivity contribution in [3.63, 3.8) is 0 Å². The molecule has 3 aromatic rings. The lowest BCUT2D eigenvalue weighted by atomic mass is 10.2. The Bertz CT molecular complexity index is 796. The van der Waals surface area contributed by atoms with E-state index >= 15 is 0 Å². The predicted octanol–water partition coefficient (Wildman–Crippen LogP) is 2.94. The van der Waals surface area contributed by atoms with Crippen LogP contribution in [0.25, 0.3) is 11.5 Å². The third-order valence-electron chi connectivity index (χ3n) is 2.61. The zero-order chi connectivity index (χ0) is 14.8. The first-order valence-corrected chi connectivity index (χ1v) is 6.34. The molecule has 0 aliphatic heterocycles. The van der Waals surface area contributed by atoms with Crippen molar-refractivity contribution < 1.29 is 13.7 Å². The van der Waals surface area contributed by atoms with Gasteiger partial charge in [-0.15, -0.1) is 5.10 Å². The number of nitrogens with one attached hydrogen (secondary N) is 1. The van der Waals surface area contributed by atoms with Crippen LogP contribution >= 0.6 is 11.6 Å². The molecule has 0 spiro atoms. The molecule has 106 valence electrons. The minimum absolute atomic E-state index is 0.0458. The molecule has 2 aromatic heterocycles. The monoisotopic (exact) mass is 304 g/mol. The number of hydrogen-bond acceptors (Lipinski definition) is 6. The molecule has 8 heteroatoms. The third-order valence-corrected chi connectivity index (χ3v) is 2.94. The number of benzene rings is 1. The molecule has 0 unspecified atom stereocenters. The van der Waals surface area contributed by atoms with Crippen molar-refractivity contribution in [1.82, 2.24) is 15.4 Å². The maximum absolute atomic E-state index is 11.9. The van der Waals surface area contributed by atoms with Gasteiger partial charge in [0.05, 0.1) is 10.6 Å². The second kappa shape index (κ2) is 5.37. The summed E-state index contributed by atoms with van der Waals surface area (Å²) in [6.07, 6.45) is 0. The van der Waals surface area contributed by atoms with Crippen LogP contribution < -0.4 is 5.32 Å². The number of carbonyl (C=O) groups is 1. The van der Waals surface area contributed by atoms with Gasteiger partial charge in [-0.05, 0) is 19.1 Å². The van der Waals surface area contributed by atoms with Gasteiger partial charge in [-0.3, -0.25) is 10.1 Å². The Kier molecular flexibility index (Phi) is 3.41. The maximum Gasteiger partial charge on any atom is 0.322 e. The standard InChI is InChI=1S/C13H9ClN4O3/c1-7-6-10(18-21-7)11(19)15-13-17-16-12(20-13)8-4-2-3-5-9(8)14/h2-6H,1H3,(H,15,17,19). The minimum atomic E-state index is -0.499. The normalized spacial score (nSPS) is 10.6. The molecular formula is C13H9ClN4O3. The summed E-state index contributed by atoms with van der Waals surface area (Å²) in [5.74, 6) is 0.246. The van der Waals surface area contributed by atoms with Crippen molar-refractivity contribution in [2.45, 2.75) is 6.92 Å². The highest BCUT2D eigenvalue weighted by Crippen LogP contribution is 2.27. The molecule has 7 nitrogen and oxygen atoms in total. The molecular weight excluding hydrogens is 296 g/mol. The van der Waals surface area contributed by atoms with E-state index in [1.54, 1.807) is 31.2 Å². The van der Waals surface area contributed by atoms with Crippen LogP contribution in [0.1, 0.15) is 16.2 Å². The molecule has 0 atom stereocenters. The van der Waals surface area contributed by atoms with Gasteiger partial charge < -0.3 is 8.94 Å². The smallest absolute Gasteiger partial charge is 0.322 e. The Hall–Kier alpha value is -2.67. The van der Waals surface area contributed by atoms with Crippen LogP contribution in [0.2, 0.25) is 5.02 Å². The number of nitrogens with zero attached hydrogens (tertiary/aromatic N) is 3. The van der Waals surface area contributed by atoms with Crippen LogP contribution in [-0.2, 0) is 0 Å². The van der Waals surface area contributed by atoms with E-state index in [2.05, 4.69) is 20.7 Å². The van der Waals surface area contributed by atoms with Crippen molar-refractivity contribution in [1.29, 1.82) is 0 Å². The van der Waals surface area contributed by atoms with Gasteiger partial charge in [0.1, 0.15) is 5.76 Å². The lowest BCUT2D eigenvalue weighted by molar-refractivity contribution is 0.101. The van der Waals surface area contributed by atoms with E-state index in [0.29, 0.717) is 16.3 Å². The Morgan fingerprint density at radius 2 is 2.10 bits per heavy atom. The molecule has 3 rings (SSSR count). The van der Waals surface area contributed by atoms with Gasteiger partial charge in [-0.2, -0.15) is 0 Å². The SMILES string of the molecule is Cc1cc(C(=O)Nc2nnc(-c3ccccc3Cl)o2)no1. The van der Waals surface area contributed by atoms with Crippen molar-refractivity contribution in [2.24, 2.45) is 0 Å². The number of rotatable bonds is 3. The molecule has 1 aromatic carbocycles. The molecule has 0 fully saturated rings. The van der Waals surface area contributed by atoms with Crippen molar-refractivity contribution >= 4 is 23.5 Å². The second-order valence-corrected chi connectivity index (χ2v) is 4.58. The van der Waals surface area contributed by atoms with E-state index < -0.39 is 5.91 Å². The van der Waals surface area contributed by atoms with Gasteiger partial charge in [0, 0.05) is 6.07 Å². The van der Waals surface area contributed by atoms with Crippen LogP contribution in [0.15, 0.2) is 39.3 Å². The molecule has 2 heterocycles. The highest BCUT2D eigenvalue weighted by Gasteiger charge is 2.16. The van der Waals surface area contributed by atoms with E-state index in [1.807, 2.05) is 0 Å². The van der Waals surface area contributed by atoms with Gasteiger partial charge in [0.15, 0.2) is 5.69 Å². The van der Waals surface area contributed by atoms with Crippen molar-refractivity contribution in [3.05, 3.63) is 46.8 Å². The van der Waals surface area contributed by atoms with Crippen LogP contribution in [-0.4, -0.2) is 21.3 Å². The number of carbonyl (C=O) groups excluding carboxylic acids is 1. The van der Waals surface area contributed by atoms with Crippen molar-refractivity contribution in [3.8, 4) is 11.5 Å². The average Bonchev–Trinajstić information content (AvgIpc) is 3.08. The molecule has 0 saturated heterocycles. The Morgan fingerprint density at radius 1 is 1.29 bits per heavy atom. The molecule has 0 radical (unpaired) electrons. The lowest BCUT2D eigenvalue weighted by Crippen LogP contribution is -2.12. The van der Waals surface area contributed by atoms with Crippen LogP contribution in [0.4, 0.5) is 6.01 Å². The largest absolute Gasteiger partial charge is 0.403 e. The summed E-state index contributed by atoms with van der Waals surface area (Å²) < 4.78 is 10.2. The number of aryl methyl sites for hydroxylation is 1. The van der Waals surface area contributed by atoms with E-state index in [9.17, 15) is 4.79 Å². The summed E-state index contributed by atoms with van der Waals surface area (Å²) in [5.41, 5.74) is 0.717. The first kappa shape index (κ1) is 13.3. The topological polar surface area (TPSA) is 94.1 Å². The molecule has 0 aliphatic rings. The summed E-state index contributed by atoms with van der Waals surface area (Å²) in [5, 5.41) is 14.1. The highest BCUT2D eigenvalue weighted by atomic mass is 35.5. The van der Waals surface area contributed by atoms with Gasteiger partial charge in [0.25, 0.3) is 11.8 Å². The summed E-state index contributed by atoms with van der Waals surface area (Å²) in [4.78, 5) is 11.9. The molecule has 1 N–H and O–H groups in total. The summed E-state index contributed by atoms with van der Waals surface area (Å²) in [6, 6.07) is 8.48. The van der Waals surface area contributed by atoms with Crippen LogP contribution in [0.3, 0.4) is 0 Å². The van der Waals surface area contributed by atoms with Gasteiger partial charge in [-0.1, -0.05) is 34.0 Å². The van der Waals surface area contributed by atoms with Crippen molar-refractivity contribution in [2.75, 3.05) is 5.32 Å². The Balaban J connectivity index is 1.80. The molecule has 21 heavy (non-hydrogen) atoms. The quantitative estimate of drug-likeness (QED) is 0.799. The Morgan fingerprint density at radius 3 is 2.81 bits per heavy atom.